The highest BCUT2D eigenvalue weighted by atomic mass is 127. The molecule has 1 N–H and O–H groups in total. The maximum absolute atomic E-state index is 12.3. The van der Waals surface area contributed by atoms with E-state index in [4.69, 9.17) is 4.74 Å². The van der Waals surface area contributed by atoms with Crippen molar-refractivity contribution in [1.29, 1.82) is 0 Å². The Hall–Kier alpha value is -1.81. The van der Waals surface area contributed by atoms with Gasteiger partial charge in [0.15, 0.2) is 0 Å². The predicted molar refractivity (Wildman–Crippen MR) is 125 cm³/mol. The molecule has 0 bridgehead atoms. The van der Waals surface area contributed by atoms with Crippen LogP contribution in [0.4, 0.5) is 5.69 Å². The zero-order chi connectivity index (χ0) is 21.4. The van der Waals surface area contributed by atoms with Crippen molar-refractivity contribution in [3.05, 3.63) is 57.7 Å². The SMILES string of the molecule is CC(C)Oc1ccc(CCCNC(=O)CN(c2ccc(I)cc2)S(C)(=O)=O)cc1. The van der Waals surface area contributed by atoms with Gasteiger partial charge in [-0.2, -0.15) is 0 Å². The van der Waals surface area contributed by atoms with E-state index in [-0.39, 0.29) is 18.6 Å². The number of hydrogen-bond donors (Lipinski definition) is 1. The van der Waals surface area contributed by atoms with E-state index in [9.17, 15) is 13.2 Å². The van der Waals surface area contributed by atoms with E-state index >= 15 is 0 Å². The molecule has 1 amide bonds. The van der Waals surface area contributed by atoms with Crippen LogP contribution in [0.2, 0.25) is 0 Å². The van der Waals surface area contributed by atoms with Crippen molar-refractivity contribution in [1.82, 2.24) is 5.32 Å². The quantitative estimate of drug-likeness (QED) is 0.377. The molecule has 0 aliphatic heterocycles. The van der Waals surface area contributed by atoms with Gasteiger partial charge in [0.25, 0.3) is 0 Å². The molecule has 0 unspecified atom stereocenters. The molecule has 0 aliphatic carbocycles. The summed E-state index contributed by atoms with van der Waals surface area (Å²) in [6, 6.07) is 14.9. The highest BCUT2D eigenvalue weighted by Gasteiger charge is 2.20. The van der Waals surface area contributed by atoms with E-state index < -0.39 is 10.0 Å². The van der Waals surface area contributed by atoms with Gasteiger partial charge >= 0.3 is 0 Å². The maximum atomic E-state index is 12.3. The first-order valence-corrected chi connectivity index (χ1v) is 12.3. The summed E-state index contributed by atoms with van der Waals surface area (Å²) >= 11 is 2.15. The van der Waals surface area contributed by atoms with Crippen molar-refractivity contribution < 1.29 is 17.9 Å². The Bertz CT molecular complexity index is 897. The molecule has 0 spiro atoms. The summed E-state index contributed by atoms with van der Waals surface area (Å²) in [5.41, 5.74) is 1.64. The number of hydrogen-bond acceptors (Lipinski definition) is 4. The minimum atomic E-state index is -3.55. The summed E-state index contributed by atoms with van der Waals surface area (Å²) in [7, 11) is -3.55. The molecule has 0 atom stereocenters. The third-order valence-electron chi connectivity index (χ3n) is 4.06. The standard InChI is InChI=1S/C21H27IN2O4S/c1-16(2)28-20-12-6-17(7-13-20)5-4-14-23-21(25)15-24(29(3,26)27)19-10-8-18(22)9-11-19/h6-13,16H,4-5,14-15H2,1-3H3,(H,23,25). The number of aryl methyl sites for hydroxylation is 1. The largest absolute Gasteiger partial charge is 0.491 e. The molecule has 2 aromatic rings. The third-order valence-corrected chi connectivity index (χ3v) is 5.92. The Balaban J connectivity index is 1.82. The van der Waals surface area contributed by atoms with E-state index in [2.05, 4.69) is 27.9 Å². The lowest BCUT2D eigenvalue weighted by Gasteiger charge is -2.22. The average molecular weight is 530 g/mol. The molecular formula is C21H27IN2O4S. The second-order valence-electron chi connectivity index (χ2n) is 7.01. The summed E-state index contributed by atoms with van der Waals surface area (Å²) in [4.78, 5) is 12.3. The number of anilines is 1. The Labute approximate surface area is 186 Å². The number of benzene rings is 2. The molecule has 0 fully saturated rings. The number of carbonyl (C=O) groups is 1. The molecule has 2 rings (SSSR count). The van der Waals surface area contributed by atoms with Gasteiger partial charge in [-0.05, 0) is 91.2 Å². The fourth-order valence-corrected chi connectivity index (χ4v) is 3.94. The molecule has 0 aromatic heterocycles. The Morgan fingerprint density at radius 1 is 1.10 bits per heavy atom. The minimum absolute atomic E-state index is 0.141. The Morgan fingerprint density at radius 2 is 1.72 bits per heavy atom. The molecule has 0 heterocycles. The monoisotopic (exact) mass is 530 g/mol. The number of rotatable bonds is 10. The fraction of sp³-hybridized carbons (Fsp3) is 0.381. The first kappa shape index (κ1) is 23.5. The second kappa shape index (κ2) is 10.8. The van der Waals surface area contributed by atoms with E-state index in [1.165, 1.54) is 0 Å². The summed E-state index contributed by atoms with van der Waals surface area (Å²) in [6.45, 7) is 4.22. The molecule has 8 heteroatoms. The van der Waals surface area contributed by atoms with Crippen LogP contribution in [0, 0.1) is 3.57 Å². The molecular weight excluding hydrogens is 503 g/mol. The number of nitrogens with one attached hydrogen (secondary N) is 1. The molecule has 0 saturated heterocycles. The van der Waals surface area contributed by atoms with E-state index in [0.29, 0.717) is 12.2 Å². The average Bonchev–Trinajstić information content (AvgIpc) is 2.64. The van der Waals surface area contributed by atoms with Crippen molar-refractivity contribution in [2.75, 3.05) is 23.7 Å². The summed E-state index contributed by atoms with van der Waals surface area (Å²) < 4.78 is 31.9. The molecule has 6 nitrogen and oxygen atoms in total. The predicted octanol–water partition coefficient (Wildman–Crippen LogP) is 3.59. The normalized spacial score (nSPS) is 11.3. The van der Waals surface area contributed by atoms with Crippen LogP contribution in [-0.2, 0) is 21.2 Å². The van der Waals surface area contributed by atoms with E-state index in [0.717, 1.165) is 38.3 Å². The smallest absolute Gasteiger partial charge is 0.240 e. The van der Waals surface area contributed by atoms with Crippen molar-refractivity contribution in [2.45, 2.75) is 32.8 Å². The van der Waals surface area contributed by atoms with Crippen molar-refractivity contribution in [2.24, 2.45) is 0 Å². The van der Waals surface area contributed by atoms with Crippen LogP contribution < -0.4 is 14.4 Å². The highest BCUT2D eigenvalue weighted by Crippen LogP contribution is 2.19. The molecule has 2 aromatic carbocycles. The number of carbonyl (C=O) groups excluding carboxylic acids is 1. The van der Waals surface area contributed by atoms with Gasteiger partial charge in [0.05, 0.1) is 18.0 Å². The first-order chi connectivity index (χ1) is 13.6. The van der Waals surface area contributed by atoms with Crippen LogP contribution in [-0.4, -0.2) is 39.8 Å². The lowest BCUT2D eigenvalue weighted by molar-refractivity contribution is -0.119. The van der Waals surface area contributed by atoms with Crippen LogP contribution >= 0.6 is 22.6 Å². The molecule has 0 saturated carbocycles. The van der Waals surface area contributed by atoms with E-state index in [1.54, 1.807) is 12.1 Å². The van der Waals surface area contributed by atoms with E-state index in [1.807, 2.05) is 50.2 Å². The number of nitrogens with zero attached hydrogens (tertiary/aromatic N) is 1. The number of ether oxygens (including phenoxy) is 1. The van der Waals surface area contributed by atoms with Crippen molar-refractivity contribution >= 4 is 44.2 Å². The van der Waals surface area contributed by atoms with Crippen LogP contribution in [0.1, 0.15) is 25.8 Å². The van der Waals surface area contributed by atoms with Gasteiger partial charge in [0.2, 0.25) is 15.9 Å². The number of amides is 1. The van der Waals surface area contributed by atoms with Crippen molar-refractivity contribution in [3.63, 3.8) is 0 Å². The topological polar surface area (TPSA) is 75.7 Å². The zero-order valence-electron chi connectivity index (χ0n) is 16.9. The molecule has 0 radical (unpaired) electrons. The van der Waals surface area contributed by atoms with Gasteiger partial charge in [-0.25, -0.2) is 8.42 Å². The second-order valence-corrected chi connectivity index (χ2v) is 10.2. The maximum Gasteiger partial charge on any atom is 0.240 e. The number of halogens is 1. The van der Waals surface area contributed by atoms with Gasteiger partial charge in [0.1, 0.15) is 12.3 Å². The fourth-order valence-electron chi connectivity index (χ4n) is 2.72. The summed E-state index contributed by atoms with van der Waals surface area (Å²) in [5, 5.41) is 2.80. The Kier molecular flexibility index (Phi) is 8.76. The van der Waals surface area contributed by atoms with Crippen molar-refractivity contribution in [3.8, 4) is 5.75 Å². The number of sulfonamides is 1. The molecule has 158 valence electrons. The summed E-state index contributed by atoms with van der Waals surface area (Å²) in [5.74, 6) is 0.517. The third kappa shape index (κ3) is 8.22. The van der Waals surface area contributed by atoms with Crippen LogP contribution in [0.15, 0.2) is 48.5 Å². The van der Waals surface area contributed by atoms with Crippen LogP contribution in [0.5, 0.6) is 5.75 Å². The lowest BCUT2D eigenvalue weighted by Crippen LogP contribution is -2.40. The first-order valence-electron chi connectivity index (χ1n) is 9.41. The zero-order valence-corrected chi connectivity index (χ0v) is 19.9. The van der Waals surface area contributed by atoms with Gasteiger partial charge in [0, 0.05) is 10.1 Å². The van der Waals surface area contributed by atoms with Gasteiger partial charge < -0.3 is 10.1 Å². The highest BCUT2D eigenvalue weighted by molar-refractivity contribution is 14.1. The van der Waals surface area contributed by atoms with Crippen LogP contribution in [0.3, 0.4) is 0 Å². The Morgan fingerprint density at radius 3 is 2.28 bits per heavy atom. The lowest BCUT2D eigenvalue weighted by atomic mass is 10.1. The minimum Gasteiger partial charge on any atom is -0.491 e. The van der Waals surface area contributed by atoms with Gasteiger partial charge in [-0.3, -0.25) is 9.10 Å². The molecule has 29 heavy (non-hydrogen) atoms. The van der Waals surface area contributed by atoms with Crippen LogP contribution in [0.25, 0.3) is 0 Å². The van der Waals surface area contributed by atoms with Gasteiger partial charge in [-0.1, -0.05) is 12.1 Å². The summed E-state index contributed by atoms with van der Waals surface area (Å²) in [6.07, 6.45) is 2.82. The van der Waals surface area contributed by atoms with Gasteiger partial charge in [-0.15, -0.1) is 0 Å². The molecule has 0 aliphatic rings.